The SMILES string of the molecule is CCOc1ccc(/C=C/C(=O)Nc2ccc(S(=O)(=O)NC(C)=O)cc2)cc1OC. The van der Waals surface area contributed by atoms with Gasteiger partial charge in [-0.25, -0.2) is 13.1 Å². The van der Waals surface area contributed by atoms with Gasteiger partial charge in [0.15, 0.2) is 11.5 Å². The molecule has 29 heavy (non-hydrogen) atoms. The van der Waals surface area contributed by atoms with Crippen LogP contribution in [0.3, 0.4) is 0 Å². The van der Waals surface area contributed by atoms with Gasteiger partial charge in [0.25, 0.3) is 10.0 Å². The number of ether oxygens (including phenoxy) is 2. The van der Waals surface area contributed by atoms with Crippen LogP contribution in [0, 0.1) is 0 Å². The zero-order valence-electron chi connectivity index (χ0n) is 16.3. The van der Waals surface area contributed by atoms with Crippen LogP contribution in [-0.4, -0.2) is 33.9 Å². The lowest BCUT2D eigenvalue weighted by Crippen LogP contribution is -2.28. The summed E-state index contributed by atoms with van der Waals surface area (Å²) in [5.41, 5.74) is 1.16. The number of hydrogen-bond acceptors (Lipinski definition) is 6. The van der Waals surface area contributed by atoms with Crippen LogP contribution in [0.1, 0.15) is 19.4 Å². The second kappa shape index (κ2) is 9.74. The fourth-order valence-electron chi connectivity index (χ4n) is 2.38. The summed E-state index contributed by atoms with van der Waals surface area (Å²) in [7, 11) is -2.38. The minimum absolute atomic E-state index is 0.0808. The van der Waals surface area contributed by atoms with Crippen molar-refractivity contribution in [3.8, 4) is 11.5 Å². The fourth-order valence-corrected chi connectivity index (χ4v) is 3.37. The summed E-state index contributed by atoms with van der Waals surface area (Å²) in [6.07, 6.45) is 2.96. The van der Waals surface area contributed by atoms with Crippen molar-refractivity contribution in [2.24, 2.45) is 0 Å². The van der Waals surface area contributed by atoms with Crippen molar-refractivity contribution in [3.63, 3.8) is 0 Å². The van der Waals surface area contributed by atoms with Crippen molar-refractivity contribution in [1.82, 2.24) is 4.72 Å². The largest absolute Gasteiger partial charge is 0.493 e. The van der Waals surface area contributed by atoms with Crippen molar-refractivity contribution in [2.75, 3.05) is 19.0 Å². The summed E-state index contributed by atoms with van der Waals surface area (Å²) in [5, 5.41) is 2.63. The van der Waals surface area contributed by atoms with Crippen LogP contribution in [0.5, 0.6) is 11.5 Å². The molecule has 2 amide bonds. The number of anilines is 1. The molecule has 9 heteroatoms. The molecule has 2 aromatic carbocycles. The zero-order valence-corrected chi connectivity index (χ0v) is 17.1. The third-order valence-corrected chi connectivity index (χ3v) is 5.07. The Morgan fingerprint density at radius 1 is 1.07 bits per heavy atom. The highest BCUT2D eigenvalue weighted by molar-refractivity contribution is 7.90. The van der Waals surface area contributed by atoms with E-state index in [1.54, 1.807) is 24.3 Å². The van der Waals surface area contributed by atoms with E-state index in [0.29, 0.717) is 23.8 Å². The van der Waals surface area contributed by atoms with Gasteiger partial charge < -0.3 is 14.8 Å². The third-order valence-electron chi connectivity index (χ3n) is 3.62. The minimum atomic E-state index is -3.91. The van der Waals surface area contributed by atoms with Gasteiger partial charge in [0.05, 0.1) is 18.6 Å². The predicted octanol–water partition coefficient (Wildman–Crippen LogP) is 2.57. The van der Waals surface area contributed by atoms with Crippen molar-refractivity contribution in [1.29, 1.82) is 0 Å². The van der Waals surface area contributed by atoms with Crippen LogP contribution < -0.4 is 19.5 Å². The molecule has 154 valence electrons. The first-order valence-corrected chi connectivity index (χ1v) is 10.2. The first-order valence-electron chi connectivity index (χ1n) is 8.68. The van der Waals surface area contributed by atoms with Gasteiger partial charge in [-0.3, -0.25) is 9.59 Å². The van der Waals surface area contributed by atoms with Crippen LogP contribution in [0.2, 0.25) is 0 Å². The molecule has 2 aromatic rings. The molecule has 0 aliphatic carbocycles. The quantitative estimate of drug-likeness (QED) is 0.638. The monoisotopic (exact) mass is 418 g/mol. The first-order chi connectivity index (χ1) is 13.7. The van der Waals surface area contributed by atoms with E-state index in [4.69, 9.17) is 9.47 Å². The van der Waals surface area contributed by atoms with E-state index in [0.717, 1.165) is 12.5 Å². The molecule has 0 aliphatic rings. The van der Waals surface area contributed by atoms with Crippen LogP contribution in [-0.2, 0) is 19.6 Å². The van der Waals surface area contributed by atoms with E-state index in [-0.39, 0.29) is 4.90 Å². The highest BCUT2D eigenvalue weighted by Gasteiger charge is 2.15. The molecule has 0 aromatic heterocycles. The Kier molecular flexibility index (Phi) is 7.38. The van der Waals surface area contributed by atoms with Gasteiger partial charge in [-0.2, -0.15) is 0 Å². The van der Waals surface area contributed by atoms with Crippen LogP contribution in [0.25, 0.3) is 6.08 Å². The first kappa shape index (κ1) is 22.0. The Morgan fingerprint density at radius 3 is 2.34 bits per heavy atom. The summed E-state index contributed by atoms with van der Waals surface area (Å²) in [6, 6.07) is 10.7. The lowest BCUT2D eigenvalue weighted by molar-refractivity contribution is -0.117. The average molecular weight is 418 g/mol. The zero-order chi connectivity index (χ0) is 21.4. The number of rotatable bonds is 8. The molecule has 0 unspecified atom stereocenters. The molecule has 0 heterocycles. The molecule has 0 saturated heterocycles. The molecule has 8 nitrogen and oxygen atoms in total. The molecule has 2 N–H and O–H groups in total. The maximum Gasteiger partial charge on any atom is 0.264 e. The third kappa shape index (κ3) is 6.35. The van der Waals surface area contributed by atoms with Gasteiger partial charge in [0.1, 0.15) is 0 Å². The molecule has 0 bridgehead atoms. The Labute approximate surface area is 169 Å². The Hall–Kier alpha value is -3.33. The Balaban J connectivity index is 2.04. The summed E-state index contributed by atoms with van der Waals surface area (Å²) in [4.78, 5) is 23.0. The highest BCUT2D eigenvalue weighted by Crippen LogP contribution is 2.28. The second-order valence-corrected chi connectivity index (χ2v) is 7.53. The summed E-state index contributed by atoms with van der Waals surface area (Å²) >= 11 is 0. The molecule has 0 fully saturated rings. The van der Waals surface area contributed by atoms with Gasteiger partial charge in [-0.1, -0.05) is 6.07 Å². The fraction of sp³-hybridized carbons (Fsp3) is 0.200. The maximum absolute atomic E-state index is 12.1. The van der Waals surface area contributed by atoms with Gasteiger partial charge >= 0.3 is 0 Å². The van der Waals surface area contributed by atoms with Gasteiger partial charge in [0.2, 0.25) is 11.8 Å². The van der Waals surface area contributed by atoms with E-state index in [1.807, 2.05) is 11.6 Å². The van der Waals surface area contributed by atoms with Crippen LogP contribution >= 0.6 is 0 Å². The molecule has 2 rings (SSSR count). The van der Waals surface area contributed by atoms with E-state index < -0.39 is 21.8 Å². The number of carbonyl (C=O) groups excluding carboxylic acids is 2. The molecule has 0 radical (unpaired) electrons. The second-order valence-electron chi connectivity index (χ2n) is 5.85. The smallest absolute Gasteiger partial charge is 0.264 e. The Bertz CT molecular complexity index is 1010. The number of amides is 2. The van der Waals surface area contributed by atoms with Crippen LogP contribution in [0.15, 0.2) is 53.4 Å². The van der Waals surface area contributed by atoms with E-state index >= 15 is 0 Å². The van der Waals surface area contributed by atoms with Gasteiger partial charge in [0, 0.05) is 18.7 Å². The topological polar surface area (TPSA) is 111 Å². The summed E-state index contributed by atoms with van der Waals surface area (Å²) in [5.74, 6) is 0.102. The number of carbonyl (C=O) groups is 2. The number of nitrogens with one attached hydrogen (secondary N) is 2. The van der Waals surface area contributed by atoms with Crippen molar-refractivity contribution in [2.45, 2.75) is 18.7 Å². The van der Waals surface area contributed by atoms with E-state index in [1.165, 1.54) is 37.5 Å². The summed E-state index contributed by atoms with van der Waals surface area (Å²) < 4.78 is 36.4. The van der Waals surface area contributed by atoms with Gasteiger partial charge in [-0.15, -0.1) is 0 Å². The standard InChI is InChI=1S/C20H22N2O6S/c1-4-28-18-11-5-15(13-19(18)27-3)6-12-20(24)21-16-7-9-17(10-8-16)29(25,26)22-14(2)23/h5-13H,4H2,1-3H3,(H,21,24)(H,22,23)/b12-6+. The lowest BCUT2D eigenvalue weighted by atomic mass is 10.2. The average Bonchev–Trinajstić information content (AvgIpc) is 2.67. The van der Waals surface area contributed by atoms with E-state index in [2.05, 4.69) is 5.32 Å². The van der Waals surface area contributed by atoms with Crippen LogP contribution in [0.4, 0.5) is 5.69 Å². The molecule has 0 aliphatic heterocycles. The Morgan fingerprint density at radius 2 is 1.76 bits per heavy atom. The number of sulfonamides is 1. The molecule has 0 saturated carbocycles. The predicted molar refractivity (Wildman–Crippen MR) is 109 cm³/mol. The normalized spacial score (nSPS) is 11.1. The molecular weight excluding hydrogens is 396 g/mol. The molecule has 0 spiro atoms. The van der Waals surface area contributed by atoms with E-state index in [9.17, 15) is 18.0 Å². The number of benzene rings is 2. The minimum Gasteiger partial charge on any atom is -0.493 e. The highest BCUT2D eigenvalue weighted by atomic mass is 32.2. The number of methoxy groups -OCH3 is 1. The number of hydrogen-bond donors (Lipinski definition) is 2. The summed E-state index contributed by atoms with van der Waals surface area (Å²) in [6.45, 7) is 3.50. The van der Waals surface area contributed by atoms with Crippen molar-refractivity contribution in [3.05, 3.63) is 54.1 Å². The molecule has 0 atom stereocenters. The maximum atomic E-state index is 12.1. The van der Waals surface area contributed by atoms with Crippen molar-refractivity contribution >= 4 is 33.6 Å². The van der Waals surface area contributed by atoms with Gasteiger partial charge in [-0.05, 0) is 55.0 Å². The molecular formula is C20H22N2O6S. The lowest BCUT2D eigenvalue weighted by Gasteiger charge is -2.09. The van der Waals surface area contributed by atoms with Crippen molar-refractivity contribution < 1.29 is 27.5 Å².